The number of nitrogens with one attached hydrogen (secondary N) is 1. The summed E-state index contributed by atoms with van der Waals surface area (Å²) < 4.78 is 31.6. The second-order valence-electron chi connectivity index (χ2n) is 6.49. The van der Waals surface area contributed by atoms with Crippen molar-refractivity contribution in [1.82, 2.24) is 9.62 Å². The van der Waals surface area contributed by atoms with Crippen molar-refractivity contribution < 1.29 is 13.2 Å². The van der Waals surface area contributed by atoms with Gasteiger partial charge in [0.05, 0.1) is 18.9 Å². The molecule has 0 bridgehead atoms. The van der Waals surface area contributed by atoms with Crippen molar-refractivity contribution in [2.24, 2.45) is 5.41 Å². The Labute approximate surface area is 136 Å². The average molecular weight is 345 g/mol. The standard InChI is InChI=1S/C15H24N2O3S2/c1-22(18,19)16-14-12-20-9-6-15(14)4-7-17(8-5-15)11-13-3-2-10-21-13/h2-3,10,14,16H,4-9,11-12H2,1H3. The van der Waals surface area contributed by atoms with Gasteiger partial charge in [-0.3, -0.25) is 4.90 Å². The number of hydrogen-bond acceptors (Lipinski definition) is 5. The molecule has 2 aliphatic rings. The molecule has 1 aromatic rings. The van der Waals surface area contributed by atoms with Crippen molar-refractivity contribution in [3.8, 4) is 0 Å². The Hall–Kier alpha value is -0.470. The number of piperidine rings is 1. The minimum Gasteiger partial charge on any atom is -0.380 e. The minimum absolute atomic E-state index is 0.0628. The molecule has 0 radical (unpaired) electrons. The molecule has 2 saturated heterocycles. The van der Waals surface area contributed by atoms with Crippen molar-refractivity contribution in [1.29, 1.82) is 0 Å². The Balaban J connectivity index is 1.63. The van der Waals surface area contributed by atoms with Gasteiger partial charge in [-0.2, -0.15) is 0 Å². The predicted molar refractivity (Wildman–Crippen MR) is 88.5 cm³/mol. The van der Waals surface area contributed by atoms with E-state index in [0.29, 0.717) is 6.61 Å². The molecular formula is C15H24N2O3S2. The van der Waals surface area contributed by atoms with Gasteiger partial charge >= 0.3 is 0 Å². The van der Waals surface area contributed by atoms with E-state index in [9.17, 15) is 8.42 Å². The van der Waals surface area contributed by atoms with Gasteiger partial charge in [0.2, 0.25) is 10.0 Å². The zero-order valence-electron chi connectivity index (χ0n) is 13.0. The summed E-state index contributed by atoms with van der Waals surface area (Å²) in [6.45, 7) is 4.30. The fourth-order valence-corrected chi connectivity index (χ4v) is 5.20. The van der Waals surface area contributed by atoms with Gasteiger partial charge in [0.15, 0.2) is 0 Å². The summed E-state index contributed by atoms with van der Waals surface area (Å²) in [4.78, 5) is 3.87. The van der Waals surface area contributed by atoms with E-state index in [-0.39, 0.29) is 11.5 Å². The summed E-state index contributed by atoms with van der Waals surface area (Å²) in [7, 11) is -3.20. The van der Waals surface area contributed by atoms with Gasteiger partial charge in [0, 0.05) is 18.0 Å². The summed E-state index contributed by atoms with van der Waals surface area (Å²) in [5.41, 5.74) is 0.0628. The molecular weight excluding hydrogens is 320 g/mol. The molecule has 1 N–H and O–H groups in total. The number of ether oxygens (including phenoxy) is 1. The molecule has 7 heteroatoms. The highest BCUT2D eigenvalue weighted by molar-refractivity contribution is 7.88. The predicted octanol–water partition coefficient (Wildman–Crippen LogP) is 1.67. The van der Waals surface area contributed by atoms with E-state index in [0.717, 1.165) is 45.5 Å². The topological polar surface area (TPSA) is 58.6 Å². The average Bonchev–Trinajstić information content (AvgIpc) is 2.96. The van der Waals surface area contributed by atoms with E-state index in [2.05, 4.69) is 27.1 Å². The van der Waals surface area contributed by atoms with Crippen LogP contribution in [-0.2, 0) is 21.3 Å². The number of likely N-dealkylation sites (tertiary alicyclic amines) is 1. The van der Waals surface area contributed by atoms with Crippen LogP contribution in [0.1, 0.15) is 24.1 Å². The maximum absolute atomic E-state index is 11.6. The highest BCUT2D eigenvalue weighted by atomic mass is 32.2. The Kier molecular flexibility index (Phi) is 4.89. The summed E-state index contributed by atoms with van der Waals surface area (Å²) in [5, 5.41) is 2.12. The highest BCUT2D eigenvalue weighted by Gasteiger charge is 2.44. The van der Waals surface area contributed by atoms with E-state index in [1.165, 1.54) is 11.1 Å². The molecule has 22 heavy (non-hydrogen) atoms. The maximum atomic E-state index is 11.6. The second kappa shape index (κ2) is 6.57. The van der Waals surface area contributed by atoms with Gasteiger partial charge in [-0.1, -0.05) is 6.07 Å². The lowest BCUT2D eigenvalue weighted by molar-refractivity contribution is -0.0444. The van der Waals surface area contributed by atoms with Crippen molar-refractivity contribution in [2.75, 3.05) is 32.6 Å². The first-order valence-electron chi connectivity index (χ1n) is 7.77. The van der Waals surface area contributed by atoms with Crippen LogP contribution in [0, 0.1) is 5.41 Å². The first kappa shape index (κ1) is 16.4. The van der Waals surface area contributed by atoms with Crippen LogP contribution in [0.25, 0.3) is 0 Å². The molecule has 1 atom stereocenters. The van der Waals surface area contributed by atoms with Crippen molar-refractivity contribution in [2.45, 2.75) is 31.8 Å². The zero-order valence-corrected chi connectivity index (χ0v) is 14.6. The monoisotopic (exact) mass is 344 g/mol. The lowest BCUT2D eigenvalue weighted by atomic mass is 9.69. The summed E-state index contributed by atoms with van der Waals surface area (Å²) >= 11 is 1.80. The third-order valence-electron chi connectivity index (χ3n) is 4.94. The molecule has 1 unspecified atom stereocenters. The largest absolute Gasteiger partial charge is 0.380 e. The first-order chi connectivity index (χ1) is 10.5. The van der Waals surface area contributed by atoms with Gasteiger partial charge in [-0.25, -0.2) is 13.1 Å². The molecule has 5 nitrogen and oxygen atoms in total. The highest BCUT2D eigenvalue weighted by Crippen LogP contribution is 2.41. The molecule has 1 aromatic heterocycles. The van der Waals surface area contributed by atoms with Gasteiger partial charge in [-0.15, -0.1) is 11.3 Å². The van der Waals surface area contributed by atoms with Crippen LogP contribution in [0.3, 0.4) is 0 Å². The van der Waals surface area contributed by atoms with Gasteiger partial charge in [0.25, 0.3) is 0 Å². The quantitative estimate of drug-likeness (QED) is 0.903. The normalized spacial score (nSPS) is 26.3. The van der Waals surface area contributed by atoms with E-state index in [1.54, 1.807) is 11.3 Å². The van der Waals surface area contributed by atoms with Gasteiger partial charge < -0.3 is 4.74 Å². The van der Waals surface area contributed by atoms with E-state index in [1.807, 2.05) is 0 Å². The Morgan fingerprint density at radius 2 is 2.18 bits per heavy atom. The van der Waals surface area contributed by atoms with E-state index in [4.69, 9.17) is 4.74 Å². The molecule has 0 aliphatic carbocycles. The molecule has 2 aliphatic heterocycles. The smallest absolute Gasteiger partial charge is 0.209 e. The Morgan fingerprint density at radius 3 is 2.82 bits per heavy atom. The molecule has 124 valence electrons. The van der Waals surface area contributed by atoms with Gasteiger partial charge in [0.1, 0.15) is 0 Å². The number of hydrogen-bond donors (Lipinski definition) is 1. The van der Waals surface area contributed by atoms with Gasteiger partial charge in [-0.05, 0) is 49.2 Å². The number of nitrogens with zero attached hydrogens (tertiary/aromatic N) is 1. The zero-order chi connectivity index (χ0) is 15.6. The van der Waals surface area contributed by atoms with E-state index >= 15 is 0 Å². The van der Waals surface area contributed by atoms with Crippen LogP contribution in [0.5, 0.6) is 0 Å². The summed E-state index contributed by atoms with van der Waals surface area (Å²) in [6.07, 6.45) is 4.26. The molecule has 0 amide bonds. The molecule has 0 aromatic carbocycles. The van der Waals surface area contributed by atoms with E-state index < -0.39 is 10.0 Å². The Morgan fingerprint density at radius 1 is 1.41 bits per heavy atom. The third kappa shape index (κ3) is 3.89. The molecule has 1 spiro atoms. The van der Waals surface area contributed by atoms with Crippen LogP contribution >= 0.6 is 11.3 Å². The van der Waals surface area contributed by atoms with Crippen molar-refractivity contribution in [3.63, 3.8) is 0 Å². The van der Waals surface area contributed by atoms with Crippen LogP contribution in [-0.4, -0.2) is 51.9 Å². The third-order valence-corrected chi connectivity index (χ3v) is 6.51. The number of rotatable bonds is 4. The van der Waals surface area contributed by atoms with Crippen LogP contribution in [0.2, 0.25) is 0 Å². The van der Waals surface area contributed by atoms with Crippen LogP contribution < -0.4 is 4.72 Å². The lowest BCUT2D eigenvalue weighted by Gasteiger charge is -2.48. The first-order valence-corrected chi connectivity index (χ1v) is 10.5. The van der Waals surface area contributed by atoms with Crippen molar-refractivity contribution >= 4 is 21.4 Å². The second-order valence-corrected chi connectivity index (χ2v) is 9.30. The number of sulfonamides is 1. The number of thiophene rings is 1. The summed E-state index contributed by atoms with van der Waals surface area (Å²) in [5.74, 6) is 0. The van der Waals surface area contributed by atoms with Crippen LogP contribution in [0.4, 0.5) is 0 Å². The van der Waals surface area contributed by atoms with Crippen molar-refractivity contribution in [3.05, 3.63) is 22.4 Å². The SMILES string of the molecule is CS(=O)(=O)NC1COCCC12CCN(Cc1cccs1)CC2. The Bertz CT molecular complexity index is 578. The lowest BCUT2D eigenvalue weighted by Crippen LogP contribution is -2.57. The summed E-state index contributed by atoms with van der Waals surface area (Å²) in [6, 6.07) is 4.19. The maximum Gasteiger partial charge on any atom is 0.209 e. The molecule has 3 heterocycles. The molecule has 2 fully saturated rings. The molecule has 0 saturated carbocycles. The fourth-order valence-electron chi connectivity index (χ4n) is 3.62. The molecule has 3 rings (SSSR count). The van der Waals surface area contributed by atoms with Crippen LogP contribution in [0.15, 0.2) is 17.5 Å². The fraction of sp³-hybridized carbons (Fsp3) is 0.733. The minimum atomic E-state index is -3.20.